The van der Waals surface area contributed by atoms with Gasteiger partial charge in [0.05, 0.1) is 16.5 Å². The van der Waals surface area contributed by atoms with Crippen molar-refractivity contribution in [1.29, 1.82) is 0 Å². The first-order valence-corrected chi connectivity index (χ1v) is 18.4. The van der Waals surface area contributed by atoms with E-state index in [4.69, 9.17) is 23.5 Å². The monoisotopic (exact) mass is 720 g/mol. The van der Waals surface area contributed by atoms with Crippen molar-refractivity contribution in [2.75, 3.05) is 0 Å². The number of nitrogens with zero attached hydrogens (tertiary/aromatic N) is 4. The quantitative estimate of drug-likeness (QED) is 0.172. The van der Waals surface area contributed by atoms with Crippen molar-refractivity contribution < 1.29 is 9.90 Å². The van der Waals surface area contributed by atoms with Crippen molar-refractivity contribution in [3.8, 4) is 62.1 Å². The highest BCUT2D eigenvalue weighted by molar-refractivity contribution is 6.10. The Hall–Kier alpha value is -7.63. The molecular weight excluding hydrogens is 685 g/mol. The maximum atomic E-state index is 9.19. The minimum absolute atomic E-state index is 0.0860. The van der Waals surface area contributed by atoms with Crippen LogP contribution in [0.5, 0.6) is 0 Å². The summed E-state index contributed by atoms with van der Waals surface area (Å²) in [4.78, 5) is 15.0. The van der Waals surface area contributed by atoms with Gasteiger partial charge < -0.3 is 8.98 Å². The van der Waals surface area contributed by atoms with Crippen LogP contribution in [-0.4, -0.2) is 19.5 Å². The fourth-order valence-electron chi connectivity index (χ4n) is 7.68. The lowest BCUT2D eigenvalue weighted by atomic mass is 9.98. The topological polar surface area (TPSA) is 56.7 Å². The second-order valence-corrected chi connectivity index (χ2v) is 13.8. The van der Waals surface area contributed by atoms with E-state index in [-0.39, 0.29) is 24.2 Å². The fourth-order valence-corrected chi connectivity index (χ4v) is 7.68. The minimum atomic E-state index is -0.292. The van der Waals surface area contributed by atoms with Crippen LogP contribution < -0.4 is 0 Å². The van der Waals surface area contributed by atoms with Gasteiger partial charge in [-0.05, 0) is 76.8 Å². The number of rotatable bonds is 6. The van der Waals surface area contributed by atoms with Gasteiger partial charge >= 0.3 is 0 Å². The summed E-state index contributed by atoms with van der Waals surface area (Å²) in [6, 6.07) is 55.4. The van der Waals surface area contributed by atoms with Crippen molar-refractivity contribution >= 4 is 43.7 Å². The molecule has 0 atom stereocenters. The molecule has 0 fully saturated rings. The molecule has 0 amide bonds. The summed E-state index contributed by atoms with van der Waals surface area (Å²) in [7, 11) is 0. The Bertz CT molecular complexity index is 3490. The third-order valence-electron chi connectivity index (χ3n) is 10.4. The first-order chi connectivity index (χ1) is 29.4. The van der Waals surface area contributed by atoms with Gasteiger partial charge in [0.2, 0.25) is 0 Å². The van der Waals surface area contributed by atoms with Crippen molar-refractivity contribution in [2.45, 2.75) is 0 Å². The molecule has 0 saturated heterocycles. The van der Waals surface area contributed by atoms with Gasteiger partial charge in [-0.25, -0.2) is 15.0 Å². The fraction of sp³-hybridized carbons (Fsp3) is 0. The zero-order chi connectivity index (χ0) is 40.5. The second-order valence-electron chi connectivity index (χ2n) is 13.8. The number of fused-ring (bicyclic) bond motifs is 6. The Kier molecular flexibility index (Phi) is 6.50. The molecule has 0 aliphatic heterocycles. The third-order valence-corrected chi connectivity index (χ3v) is 10.4. The molecule has 3 heterocycles. The van der Waals surface area contributed by atoms with E-state index in [1.165, 1.54) is 0 Å². The lowest BCUT2D eigenvalue weighted by Crippen LogP contribution is -2.01. The largest absolute Gasteiger partial charge is 0.456 e. The molecule has 0 saturated carbocycles. The van der Waals surface area contributed by atoms with Crippen LogP contribution >= 0.6 is 0 Å². The van der Waals surface area contributed by atoms with Gasteiger partial charge in [0.1, 0.15) is 11.2 Å². The Morgan fingerprint density at radius 3 is 1.79 bits per heavy atom. The lowest BCUT2D eigenvalue weighted by Gasteiger charge is -2.12. The van der Waals surface area contributed by atoms with Gasteiger partial charge in [0, 0.05) is 43.9 Å². The molecule has 11 aromatic rings. The molecule has 5 nitrogen and oxygen atoms in total. The molecule has 0 unspecified atom stereocenters. The Morgan fingerprint density at radius 1 is 0.375 bits per heavy atom. The Balaban J connectivity index is 1.09. The molecule has 0 aliphatic carbocycles. The van der Waals surface area contributed by atoms with Crippen LogP contribution in [-0.2, 0) is 0 Å². The smallest absolute Gasteiger partial charge is 0.164 e. The first-order valence-electron chi connectivity index (χ1n) is 20.4. The van der Waals surface area contributed by atoms with E-state index < -0.39 is 0 Å². The zero-order valence-corrected chi connectivity index (χ0v) is 29.9. The average molecular weight is 721 g/mol. The van der Waals surface area contributed by atoms with Gasteiger partial charge in [-0.2, -0.15) is 0 Å². The molecule has 5 heteroatoms. The first kappa shape index (κ1) is 27.9. The highest BCUT2D eigenvalue weighted by Crippen LogP contribution is 2.37. The molecule has 0 N–H and O–H groups in total. The third kappa shape index (κ3) is 5.45. The summed E-state index contributed by atoms with van der Waals surface area (Å²) >= 11 is 0. The van der Waals surface area contributed by atoms with Gasteiger partial charge in [0.25, 0.3) is 0 Å². The predicted molar refractivity (Wildman–Crippen MR) is 229 cm³/mol. The van der Waals surface area contributed by atoms with Crippen LogP contribution in [0.2, 0.25) is 0 Å². The number of para-hydroxylation sites is 2. The second kappa shape index (κ2) is 13.0. The summed E-state index contributed by atoms with van der Waals surface area (Å²) in [5, 5.41) is 3.23. The van der Waals surface area contributed by atoms with Crippen LogP contribution in [0.1, 0.15) is 5.48 Å². The highest BCUT2D eigenvalue weighted by Gasteiger charge is 2.17. The number of hydrogen-bond acceptors (Lipinski definition) is 4. The van der Waals surface area contributed by atoms with Crippen LogP contribution in [0.3, 0.4) is 0 Å². The zero-order valence-electron chi connectivity index (χ0n) is 33.9. The summed E-state index contributed by atoms with van der Waals surface area (Å²) in [5.41, 5.74) is 9.85. The van der Waals surface area contributed by atoms with Crippen LogP contribution in [0.15, 0.2) is 198 Å². The van der Waals surface area contributed by atoms with Gasteiger partial charge in [0.15, 0.2) is 17.5 Å². The molecule has 3 aromatic heterocycles. The van der Waals surface area contributed by atoms with Crippen molar-refractivity contribution in [3.63, 3.8) is 0 Å². The molecule has 0 aliphatic rings. The van der Waals surface area contributed by atoms with E-state index in [0.717, 1.165) is 66.2 Å². The minimum Gasteiger partial charge on any atom is -0.456 e. The number of aromatic nitrogens is 4. The average Bonchev–Trinajstić information content (AvgIpc) is 3.86. The molecule has 11 rings (SSSR count). The van der Waals surface area contributed by atoms with E-state index in [0.29, 0.717) is 39.6 Å². The standard InChI is InChI=1S/C51H32N4O/c1-3-13-33(14-4-1)35-17-11-18-36(29-35)37-26-28-46-44(31-37)41-21-7-9-23-45(41)55(46)40-20-12-19-38(30-40)50-52-49(34-15-5-2-6-16-34)53-51(54-50)39-25-27-43-42-22-8-10-24-47(42)56-48(43)32-39/h1-32H/i7D,9D,21D,23D. The van der Waals surface area contributed by atoms with Gasteiger partial charge in [-0.1, -0.05) is 139 Å². The Labute approximate surface area is 328 Å². The number of furan rings is 1. The van der Waals surface area contributed by atoms with Gasteiger partial charge in [-0.3, -0.25) is 0 Å². The maximum absolute atomic E-state index is 9.19. The summed E-state index contributed by atoms with van der Waals surface area (Å²) in [5.74, 6) is 1.45. The van der Waals surface area contributed by atoms with Crippen LogP contribution in [0.4, 0.5) is 0 Å². The van der Waals surface area contributed by atoms with Crippen molar-refractivity contribution in [1.82, 2.24) is 19.5 Å². The summed E-state index contributed by atoms with van der Waals surface area (Å²) in [6.07, 6.45) is 0. The van der Waals surface area contributed by atoms with E-state index in [1.807, 2.05) is 138 Å². The van der Waals surface area contributed by atoms with E-state index in [1.54, 1.807) is 0 Å². The molecular formula is C51H32N4O. The van der Waals surface area contributed by atoms with E-state index >= 15 is 0 Å². The summed E-state index contributed by atoms with van der Waals surface area (Å²) < 4.78 is 43.9. The molecule has 8 aromatic carbocycles. The predicted octanol–water partition coefficient (Wildman–Crippen LogP) is 13.2. The molecule has 262 valence electrons. The number of benzene rings is 8. The van der Waals surface area contributed by atoms with E-state index in [9.17, 15) is 1.37 Å². The van der Waals surface area contributed by atoms with Crippen molar-refractivity contribution in [3.05, 3.63) is 194 Å². The summed E-state index contributed by atoms with van der Waals surface area (Å²) in [6.45, 7) is 0. The van der Waals surface area contributed by atoms with Crippen molar-refractivity contribution in [2.24, 2.45) is 0 Å². The lowest BCUT2D eigenvalue weighted by molar-refractivity contribution is 0.669. The van der Waals surface area contributed by atoms with E-state index in [2.05, 4.69) is 36.4 Å². The normalized spacial score (nSPS) is 12.6. The number of hydrogen-bond donors (Lipinski definition) is 0. The molecule has 0 spiro atoms. The Morgan fingerprint density at radius 2 is 0.964 bits per heavy atom. The molecule has 0 bridgehead atoms. The maximum Gasteiger partial charge on any atom is 0.164 e. The van der Waals surface area contributed by atoms with Gasteiger partial charge in [-0.15, -0.1) is 0 Å². The highest BCUT2D eigenvalue weighted by atomic mass is 16.3. The molecule has 56 heavy (non-hydrogen) atoms. The molecule has 0 radical (unpaired) electrons. The SMILES string of the molecule is [2H]c1c([2H])c([2H])c2c(c1[2H])c1cc(-c3cccc(-c4ccccc4)c3)ccc1n2-c1cccc(-c2nc(-c3ccccc3)nc(-c3ccc4c(c3)oc3ccccc34)n2)c1. The van der Waals surface area contributed by atoms with Crippen LogP contribution in [0.25, 0.3) is 106 Å². The van der Waals surface area contributed by atoms with Crippen LogP contribution in [0, 0.1) is 0 Å².